The highest BCUT2D eigenvalue weighted by Crippen LogP contribution is 2.27. The van der Waals surface area contributed by atoms with E-state index in [1.807, 2.05) is 37.3 Å². The van der Waals surface area contributed by atoms with Crippen LogP contribution in [0.1, 0.15) is 35.4 Å². The van der Waals surface area contributed by atoms with Gasteiger partial charge in [-0.25, -0.2) is 0 Å². The Kier molecular flexibility index (Phi) is 5.09. The Balaban J connectivity index is 1.69. The van der Waals surface area contributed by atoms with E-state index in [0.29, 0.717) is 29.9 Å². The Morgan fingerprint density at radius 3 is 2.56 bits per heavy atom. The summed E-state index contributed by atoms with van der Waals surface area (Å²) in [6.07, 6.45) is 0.125. The summed E-state index contributed by atoms with van der Waals surface area (Å²) in [7, 11) is 0. The second-order valence-corrected chi connectivity index (χ2v) is 5.61. The molecule has 128 valence electrons. The van der Waals surface area contributed by atoms with Crippen molar-refractivity contribution in [3.8, 4) is 0 Å². The van der Waals surface area contributed by atoms with Crippen LogP contribution in [0.2, 0.25) is 0 Å². The molecule has 0 aliphatic carbocycles. The highest BCUT2D eigenvalue weighted by atomic mass is 16.6. The van der Waals surface area contributed by atoms with Crippen LogP contribution < -0.4 is 10.6 Å². The van der Waals surface area contributed by atoms with Gasteiger partial charge in [0, 0.05) is 13.0 Å². The van der Waals surface area contributed by atoms with Gasteiger partial charge in [0.05, 0.1) is 11.3 Å². The van der Waals surface area contributed by atoms with Gasteiger partial charge in [-0.05, 0) is 24.6 Å². The van der Waals surface area contributed by atoms with E-state index in [4.69, 9.17) is 4.84 Å². The highest BCUT2D eigenvalue weighted by Gasteiger charge is 2.27. The second-order valence-electron chi connectivity index (χ2n) is 5.61. The zero-order chi connectivity index (χ0) is 17.6. The lowest BCUT2D eigenvalue weighted by Gasteiger charge is -2.10. The molecule has 6 heteroatoms. The Labute approximate surface area is 145 Å². The summed E-state index contributed by atoms with van der Waals surface area (Å²) in [6, 6.07) is 16.5. The molecule has 3 rings (SSSR count). The van der Waals surface area contributed by atoms with Gasteiger partial charge < -0.3 is 15.5 Å². The summed E-state index contributed by atoms with van der Waals surface area (Å²) in [5, 5.41) is 9.39. The SMILES string of the molecule is CCNC(=O)c1ccccc1NC(=O)C1=NO[C@H](c2ccccc2)C1. The summed E-state index contributed by atoms with van der Waals surface area (Å²) >= 11 is 0. The minimum Gasteiger partial charge on any atom is -0.387 e. The van der Waals surface area contributed by atoms with Crippen molar-refractivity contribution in [3.05, 3.63) is 65.7 Å². The first kappa shape index (κ1) is 16.7. The van der Waals surface area contributed by atoms with Gasteiger partial charge in [-0.3, -0.25) is 9.59 Å². The number of benzene rings is 2. The van der Waals surface area contributed by atoms with E-state index < -0.39 is 0 Å². The van der Waals surface area contributed by atoms with E-state index in [1.165, 1.54) is 0 Å². The predicted molar refractivity (Wildman–Crippen MR) is 95.4 cm³/mol. The van der Waals surface area contributed by atoms with Crippen LogP contribution in [-0.4, -0.2) is 24.1 Å². The van der Waals surface area contributed by atoms with Gasteiger partial charge >= 0.3 is 0 Å². The topological polar surface area (TPSA) is 79.8 Å². The number of hydrogen-bond acceptors (Lipinski definition) is 4. The number of oxime groups is 1. The molecular weight excluding hydrogens is 318 g/mol. The molecule has 1 aliphatic heterocycles. The van der Waals surface area contributed by atoms with Crippen molar-refractivity contribution in [1.29, 1.82) is 0 Å². The molecule has 1 heterocycles. The lowest BCUT2D eigenvalue weighted by molar-refractivity contribution is -0.110. The first-order valence-electron chi connectivity index (χ1n) is 8.15. The predicted octanol–water partition coefficient (Wildman–Crippen LogP) is 2.89. The number of rotatable bonds is 5. The minimum absolute atomic E-state index is 0.231. The van der Waals surface area contributed by atoms with Crippen LogP contribution in [0.15, 0.2) is 59.8 Å². The van der Waals surface area contributed by atoms with Crippen molar-refractivity contribution in [2.75, 3.05) is 11.9 Å². The van der Waals surface area contributed by atoms with Crippen LogP contribution in [0, 0.1) is 0 Å². The molecule has 0 aromatic heterocycles. The van der Waals surface area contributed by atoms with Crippen LogP contribution in [0.4, 0.5) is 5.69 Å². The van der Waals surface area contributed by atoms with Crippen LogP contribution in [0.5, 0.6) is 0 Å². The smallest absolute Gasteiger partial charge is 0.273 e. The molecule has 0 unspecified atom stereocenters. The molecule has 2 aromatic rings. The Morgan fingerprint density at radius 2 is 1.80 bits per heavy atom. The fourth-order valence-electron chi connectivity index (χ4n) is 2.60. The summed E-state index contributed by atoms with van der Waals surface area (Å²) in [5.41, 5.74) is 2.14. The zero-order valence-corrected chi connectivity index (χ0v) is 13.9. The number of nitrogens with one attached hydrogen (secondary N) is 2. The number of carbonyl (C=O) groups excluding carboxylic acids is 2. The molecule has 1 aliphatic rings. The molecule has 0 saturated carbocycles. The number of nitrogens with zero attached hydrogens (tertiary/aromatic N) is 1. The fraction of sp³-hybridized carbons (Fsp3) is 0.211. The lowest BCUT2D eigenvalue weighted by atomic mass is 10.0. The van der Waals surface area contributed by atoms with Crippen LogP contribution >= 0.6 is 0 Å². The van der Waals surface area contributed by atoms with Gasteiger partial charge in [0.25, 0.3) is 11.8 Å². The van der Waals surface area contributed by atoms with Gasteiger partial charge in [-0.15, -0.1) is 0 Å². The maximum atomic E-state index is 12.5. The zero-order valence-electron chi connectivity index (χ0n) is 13.9. The molecule has 0 bridgehead atoms. The molecule has 6 nitrogen and oxygen atoms in total. The number of anilines is 1. The van der Waals surface area contributed by atoms with Crippen LogP contribution in [-0.2, 0) is 9.63 Å². The van der Waals surface area contributed by atoms with E-state index in [9.17, 15) is 9.59 Å². The average molecular weight is 337 g/mol. The molecule has 0 saturated heterocycles. The number of hydrogen-bond donors (Lipinski definition) is 2. The van der Waals surface area contributed by atoms with E-state index in [0.717, 1.165) is 5.56 Å². The lowest BCUT2D eigenvalue weighted by Crippen LogP contribution is -2.27. The number of carbonyl (C=O) groups is 2. The largest absolute Gasteiger partial charge is 0.387 e. The quantitative estimate of drug-likeness (QED) is 0.880. The molecule has 0 spiro atoms. The summed E-state index contributed by atoms with van der Waals surface area (Å²) in [5.74, 6) is -0.597. The van der Waals surface area contributed by atoms with Crippen LogP contribution in [0.3, 0.4) is 0 Å². The Morgan fingerprint density at radius 1 is 1.08 bits per heavy atom. The van der Waals surface area contributed by atoms with Gasteiger partial charge in [0.1, 0.15) is 5.71 Å². The normalized spacial score (nSPS) is 15.9. The van der Waals surface area contributed by atoms with Crippen molar-refractivity contribution in [3.63, 3.8) is 0 Å². The first-order chi connectivity index (χ1) is 12.2. The number of amides is 2. The molecule has 2 aromatic carbocycles. The Hall–Kier alpha value is -3.15. The molecule has 0 radical (unpaired) electrons. The van der Waals surface area contributed by atoms with Crippen molar-refractivity contribution in [2.24, 2.45) is 5.16 Å². The number of para-hydroxylation sites is 1. The van der Waals surface area contributed by atoms with Gasteiger partial charge in [0.2, 0.25) is 0 Å². The fourth-order valence-corrected chi connectivity index (χ4v) is 2.60. The molecule has 1 atom stereocenters. The molecule has 25 heavy (non-hydrogen) atoms. The third-order valence-corrected chi connectivity index (χ3v) is 3.86. The third-order valence-electron chi connectivity index (χ3n) is 3.86. The van der Waals surface area contributed by atoms with E-state index >= 15 is 0 Å². The van der Waals surface area contributed by atoms with Gasteiger partial charge in [-0.2, -0.15) is 0 Å². The standard InChI is InChI=1S/C19H19N3O3/c1-2-20-18(23)14-10-6-7-11-15(14)21-19(24)16-12-17(25-22-16)13-8-4-3-5-9-13/h3-11,17H,2,12H2,1H3,(H,20,23)(H,21,24)/t17-/m0/s1. The maximum absolute atomic E-state index is 12.5. The molecule has 0 fully saturated rings. The summed E-state index contributed by atoms with van der Waals surface area (Å²) < 4.78 is 0. The highest BCUT2D eigenvalue weighted by molar-refractivity contribution is 6.43. The maximum Gasteiger partial charge on any atom is 0.273 e. The van der Waals surface area contributed by atoms with Crippen molar-refractivity contribution in [2.45, 2.75) is 19.4 Å². The monoisotopic (exact) mass is 337 g/mol. The van der Waals surface area contributed by atoms with E-state index in [2.05, 4.69) is 15.8 Å². The van der Waals surface area contributed by atoms with E-state index in [1.54, 1.807) is 24.3 Å². The molecule has 2 amide bonds. The molecule has 2 N–H and O–H groups in total. The minimum atomic E-state index is -0.366. The third kappa shape index (κ3) is 3.85. The van der Waals surface area contributed by atoms with Crippen LogP contribution in [0.25, 0.3) is 0 Å². The first-order valence-corrected chi connectivity index (χ1v) is 8.15. The molecular formula is C19H19N3O3. The Bertz CT molecular complexity index is 803. The van der Waals surface area contributed by atoms with Gasteiger partial charge in [0.15, 0.2) is 6.10 Å². The van der Waals surface area contributed by atoms with Crippen molar-refractivity contribution in [1.82, 2.24) is 5.32 Å². The summed E-state index contributed by atoms with van der Waals surface area (Å²) in [6.45, 7) is 2.35. The van der Waals surface area contributed by atoms with E-state index in [-0.39, 0.29) is 17.9 Å². The van der Waals surface area contributed by atoms with Gasteiger partial charge in [-0.1, -0.05) is 47.6 Å². The van der Waals surface area contributed by atoms with Crippen molar-refractivity contribution < 1.29 is 14.4 Å². The average Bonchev–Trinajstić information content (AvgIpc) is 3.13. The second kappa shape index (κ2) is 7.61. The summed E-state index contributed by atoms with van der Waals surface area (Å²) in [4.78, 5) is 29.9. The van der Waals surface area contributed by atoms with Crippen molar-refractivity contribution >= 4 is 23.2 Å².